The van der Waals surface area contributed by atoms with Crippen molar-refractivity contribution in [3.8, 4) is 17.2 Å². The highest BCUT2D eigenvalue weighted by Gasteiger charge is 2.42. The van der Waals surface area contributed by atoms with Crippen LogP contribution in [-0.2, 0) is 11.2 Å². The van der Waals surface area contributed by atoms with Gasteiger partial charge in [0.2, 0.25) is 12.5 Å². The fourth-order valence-corrected chi connectivity index (χ4v) is 6.19. The summed E-state index contributed by atoms with van der Waals surface area (Å²) in [6.45, 7) is 1.25. The third kappa shape index (κ3) is 5.85. The minimum Gasteiger partial charge on any atom is -0.492 e. The zero-order valence-electron chi connectivity index (χ0n) is 21.1. The summed E-state index contributed by atoms with van der Waals surface area (Å²) in [5.74, 6) is 3.21. The van der Waals surface area contributed by atoms with Gasteiger partial charge in [-0.3, -0.25) is 4.79 Å². The summed E-state index contributed by atoms with van der Waals surface area (Å²) in [6, 6.07) is 2.21. The van der Waals surface area contributed by atoms with E-state index in [0.29, 0.717) is 23.9 Å². The maximum Gasteiger partial charge on any atom is 0.231 e. The predicted octanol–water partition coefficient (Wildman–Crippen LogP) is 6.37. The average Bonchev–Trinajstić information content (AvgIpc) is 3.24. The van der Waals surface area contributed by atoms with Crippen molar-refractivity contribution in [2.24, 2.45) is 5.92 Å². The Balaban J connectivity index is 1.48. The second-order valence-electron chi connectivity index (χ2n) is 11.1. The van der Waals surface area contributed by atoms with Gasteiger partial charge in [-0.25, -0.2) is 0 Å². The molecule has 1 aromatic carbocycles. The zero-order chi connectivity index (χ0) is 23.3. The number of hydrogen-bond acceptors (Lipinski definition) is 4. The first-order valence-electron chi connectivity index (χ1n) is 13.3. The molecule has 0 spiro atoms. The van der Waals surface area contributed by atoms with Gasteiger partial charge >= 0.3 is 0 Å². The number of methoxy groups -OCH3 is 1. The summed E-state index contributed by atoms with van der Waals surface area (Å²) in [5.41, 5.74) is 2.40. The molecule has 0 bridgehead atoms. The van der Waals surface area contributed by atoms with Crippen LogP contribution in [0.5, 0.6) is 17.2 Å². The maximum atomic E-state index is 13.5. The van der Waals surface area contributed by atoms with Gasteiger partial charge < -0.3 is 18.7 Å². The van der Waals surface area contributed by atoms with Crippen molar-refractivity contribution in [2.75, 3.05) is 34.5 Å². The summed E-state index contributed by atoms with van der Waals surface area (Å²) in [5, 5.41) is 0. The van der Waals surface area contributed by atoms with Gasteiger partial charge in [0, 0.05) is 12.8 Å². The molecule has 5 nitrogen and oxygen atoms in total. The molecule has 2 aliphatic heterocycles. The van der Waals surface area contributed by atoms with Crippen LogP contribution in [0.25, 0.3) is 0 Å². The Kier molecular flexibility index (Phi) is 8.21. The molecule has 0 saturated heterocycles. The number of quaternary nitrogens is 1. The van der Waals surface area contributed by atoms with Crippen LogP contribution in [0.3, 0.4) is 0 Å². The number of carbonyl (C=O) groups excluding carboxylic acids is 1. The largest absolute Gasteiger partial charge is 0.492 e. The molecule has 1 saturated carbocycles. The lowest BCUT2D eigenvalue weighted by atomic mass is 9.84. The first-order valence-corrected chi connectivity index (χ1v) is 13.3. The lowest BCUT2D eigenvalue weighted by Gasteiger charge is -2.43. The molecule has 184 valence electrons. The van der Waals surface area contributed by atoms with Gasteiger partial charge in [-0.1, -0.05) is 70.6 Å². The van der Waals surface area contributed by atoms with E-state index < -0.39 is 0 Å². The fourth-order valence-electron chi connectivity index (χ4n) is 6.19. The van der Waals surface area contributed by atoms with Crippen LogP contribution in [0, 0.1) is 5.92 Å². The van der Waals surface area contributed by atoms with Gasteiger partial charge in [-0.05, 0) is 17.5 Å². The van der Waals surface area contributed by atoms with E-state index in [4.69, 9.17) is 14.2 Å². The van der Waals surface area contributed by atoms with Crippen molar-refractivity contribution in [3.63, 3.8) is 0 Å². The summed E-state index contributed by atoms with van der Waals surface area (Å²) in [7, 11) is 6.21. The van der Waals surface area contributed by atoms with E-state index in [0.717, 1.165) is 40.9 Å². The summed E-state index contributed by atoms with van der Waals surface area (Å²) < 4.78 is 18.1. The number of carbonyl (C=O) groups is 1. The fraction of sp³-hybridized carbons (Fsp3) is 0.750. The Bertz CT molecular complexity index is 807. The topological polar surface area (TPSA) is 44.8 Å². The minimum absolute atomic E-state index is 0.0944. The number of likely N-dealkylation sites (N-methyl/N-ethyl adjacent to an activating group) is 1. The number of ketones is 1. The molecule has 33 heavy (non-hydrogen) atoms. The maximum absolute atomic E-state index is 13.5. The molecule has 0 aromatic heterocycles. The number of benzene rings is 1. The van der Waals surface area contributed by atoms with Crippen LogP contribution < -0.4 is 14.2 Å². The number of ether oxygens (including phenoxy) is 3. The van der Waals surface area contributed by atoms with E-state index in [1.807, 2.05) is 0 Å². The van der Waals surface area contributed by atoms with Crippen LogP contribution in [0.15, 0.2) is 6.07 Å². The van der Waals surface area contributed by atoms with Crippen molar-refractivity contribution in [2.45, 2.75) is 95.9 Å². The van der Waals surface area contributed by atoms with E-state index in [1.54, 1.807) is 7.11 Å². The number of hydrogen-bond donors (Lipinski definition) is 0. The molecule has 2 heterocycles. The Morgan fingerprint density at radius 2 is 1.61 bits per heavy atom. The highest BCUT2D eigenvalue weighted by molar-refractivity contribution is 5.80. The van der Waals surface area contributed by atoms with Crippen LogP contribution in [0.4, 0.5) is 0 Å². The highest BCUT2D eigenvalue weighted by Crippen LogP contribution is 2.51. The van der Waals surface area contributed by atoms with Crippen LogP contribution >= 0.6 is 0 Å². The third-order valence-electron chi connectivity index (χ3n) is 8.24. The predicted molar refractivity (Wildman–Crippen MR) is 131 cm³/mol. The van der Waals surface area contributed by atoms with Crippen LogP contribution in [0.2, 0.25) is 0 Å². The molecule has 5 heteroatoms. The van der Waals surface area contributed by atoms with E-state index in [2.05, 4.69) is 20.2 Å². The normalized spacial score (nSPS) is 23.8. The minimum atomic E-state index is 0.0944. The van der Waals surface area contributed by atoms with Gasteiger partial charge in [0.05, 0.1) is 39.7 Å². The lowest BCUT2D eigenvalue weighted by Crippen LogP contribution is -2.48. The van der Waals surface area contributed by atoms with Crippen molar-refractivity contribution in [1.29, 1.82) is 0 Å². The van der Waals surface area contributed by atoms with Crippen LogP contribution in [-0.4, -0.2) is 44.8 Å². The summed E-state index contributed by atoms with van der Waals surface area (Å²) >= 11 is 0. The van der Waals surface area contributed by atoms with Gasteiger partial charge in [0.1, 0.15) is 11.8 Å². The molecule has 1 atom stereocenters. The molecular weight excluding hydrogens is 414 g/mol. The lowest BCUT2D eigenvalue weighted by molar-refractivity contribution is -0.922. The van der Waals surface area contributed by atoms with Crippen LogP contribution in [0.1, 0.15) is 101 Å². The molecule has 0 amide bonds. The van der Waals surface area contributed by atoms with Crippen molar-refractivity contribution in [1.82, 2.24) is 0 Å². The van der Waals surface area contributed by atoms with Crippen molar-refractivity contribution < 1.29 is 23.5 Å². The summed E-state index contributed by atoms with van der Waals surface area (Å²) in [6.07, 6.45) is 16.8. The van der Waals surface area contributed by atoms with Gasteiger partial charge in [0.25, 0.3) is 0 Å². The highest BCUT2D eigenvalue weighted by atomic mass is 16.7. The number of rotatable bonds is 5. The monoisotopic (exact) mass is 458 g/mol. The number of Topliss-reactive ketones (excluding diaryl/α,β-unsaturated/α-hetero) is 1. The number of fused-ring (bicyclic) bond motifs is 2. The standard InChI is InChI=1S/C28H44NO4/c1-29(2)16-15-22-18-25-27(33-20-32-25)28(31-3)26(22)24(29)19-23(30)17-21-13-11-9-7-5-4-6-8-10-12-14-21/h18,21,24H,4-17,19-20H2,1-3H3/q+1/t24-/m0/s1. The first-order chi connectivity index (χ1) is 16.0. The Hall–Kier alpha value is -1.75. The van der Waals surface area contributed by atoms with E-state index >= 15 is 0 Å². The van der Waals surface area contributed by atoms with E-state index in [9.17, 15) is 4.79 Å². The summed E-state index contributed by atoms with van der Waals surface area (Å²) in [4.78, 5) is 13.5. The Labute approximate surface area is 200 Å². The molecule has 4 rings (SSSR count). The molecule has 0 N–H and O–H groups in total. The van der Waals surface area contributed by atoms with Gasteiger partial charge in [0.15, 0.2) is 11.5 Å². The second-order valence-corrected chi connectivity index (χ2v) is 11.1. The molecule has 1 aliphatic carbocycles. The second kappa shape index (κ2) is 11.1. The molecule has 0 unspecified atom stereocenters. The van der Waals surface area contributed by atoms with Gasteiger partial charge in [-0.15, -0.1) is 0 Å². The molecule has 0 radical (unpaired) electrons. The van der Waals surface area contributed by atoms with Crippen molar-refractivity contribution >= 4 is 5.78 Å². The third-order valence-corrected chi connectivity index (χ3v) is 8.24. The quantitative estimate of drug-likeness (QED) is 0.481. The van der Waals surface area contributed by atoms with Gasteiger partial charge in [-0.2, -0.15) is 0 Å². The molecule has 1 fully saturated rings. The smallest absolute Gasteiger partial charge is 0.231 e. The van der Waals surface area contributed by atoms with E-state index in [-0.39, 0.29) is 12.8 Å². The van der Waals surface area contributed by atoms with Crippen molar-refractivity contribution in [3.05, 3.63) is 17.2 Å². The SMILES string of the molecule is COc1c2c(cc3c1[C@H](CC(=O)CC1CCCCCCCCCCC1)[N+](C)(C)CC3)OCO2. The van der Waals surface area contributed by atoms with E-state index in [1.165, 1.54) is 76.2 Å². The zero-order valence-corrected chi connectivity index (χ0v) is 21.1. The molecule has 1 aromatic rings. The average molecular weight is 459 g/mol. The molecule has 3 aliphatic rings. The number of nitrogens with zero attached hydrogens (tertiary/aromatic N) is 1. The Morgan fingerprint density at radius 1 is 0.970 bits per heavy atom. The molecular formula is C28H44NO4+. The Morgan fingerprint density at radius 3 is 2.24 bits per heavy atom. The first kappa shape index (κ1) is 24.4.